The van der Waals surface area contributed by atoms with Crippen LogP contribution in [0.2, 0.25) is 5.02 Å². The van der Waals surface area contributed by atoms with Crippen LogP contribution in [0.1, 0.15) is 12.5 Å². The molecule has 0 aliphatic carbocycles. The molecule has 10 heteroatoms. The van der Waals surface area contributed by atoms with Gasteiger partial charge < -0.3 is 4.74 Å². The number of carbonyl (C=O) groups excluding carboxylic acids is 2. The summed E-state index contributed by atoms with van der Waals surface area (Å²) in [5.41, 5.74) is 1.93. The van der Waals surface area contributed by atoms with E-state index in [1.165, 1.54) is 23.9 Å². The van der Waals surface area contributed by atoms with Gasteiger partial charge in [0.1, 0.15) is 5.82 Å². The first-order valence-corrected chi connectivity index (χ1v) is 13.0. The SMILES string of the molecule is CCOC(=O)C1=NN(c2ccc(Cl)cc2)C2(SC(=Cc3ccc(F)cc3)C(=O)N2c2ccccc2)S1. The van der Waals surface area contributed by atoms with E-state index in [1.54, 1.807) is 59.3 Å². The Hall–Kier alpha value is -3.27. The molecule has 1 fully saturated rings. The highest BCUT2D eigenvalue weighted by atomic mass is 35.5. The number of hydrogen-bond acceptors (Lipinski definition) is 7. The molecule has 36 heavy (non-hydrogen) atoms. The summed E-state index contributed by atoms with van der Waals surface area (Å²) in [4.78, 5) is 28.7. The normalized spacial score (nSPS) is 20.4. The summed E-state index contributed by atoms with van der Waals surface area (Å²) in [6, 6.07) is 22.1. The van der Waals surface area contributed by atoms with Crippen LogP contribution in [-0.4, -0.2) is 27.9 Å². The van der Waals surface area contributed by atoms with Crippen LogP contribution >= 0.6 is 35.1 Å². The van der Waals surface area contributed by atoms with E-state index >= 15 is 0 Å². The molecule has 6 nitrogen and oxygen atoms in total. The average molecular weight is 540 g/mol. The van der Waals surface area contributed by atoms with Gasteiger partial charge in [-0.05, 0) is 78.9 Å². The molecule has 5 rings (SSSR count). The second kappa shape index (κ2) is 10.0. The average Bonchev–Trinajstić information content (AvgIpc) is 3.39. The molecule has 2 aliphatic rings. The van der Waals surface area contributed by atoms with Crippen molar-refractivity contribution in [2.24, 2.45) is 5.10 Å². The molecular weight excluding hydrogens is 521 g/mol. The maximum atomic E-state index is 13.9. The van der Waals surface area contributed by atoms with Crippen LogP contribution in [0.25, 0.3) is 6.08 Å². The van der Waals surface area contributed by atoms with Crippen LogP contribution in [0.4, 0.5) is 15.8 Å². The van der Waals surface area contributed by atoms with Crippen molar-refractivity contribution in [3.63, 3.8) is 0 Å². The third kappa shape index (κ3) is 4.50. The van der Waals surface area contributed by atoms with Gasteiger partial charge in [0.2, 0.25) is 9.37 Å². The number of thioether (sulfide) groups is 2. The lowest BCUT2D eigenvalue weighted by atomic mass is 10.2. The fraction of sp³-hybridized carbons (Fsp3) is 0.115. The van der Waals surface area contributed by atoms with Crippen molar-refractivity contribution in [3.05, 3.63) is 100 Å². The highest BCUT2D eigenvalue weighted by molar-refractivity contribution is 8.29. The quantitative estimate of drug-likeness (QED) is 0.278. The molecule has 2 heterocycles. The Morgan fingerprint density at radius 3 is 2.39 bits per heavy atom. The number of ether oxygens (including phenoxy) is 1. The second-order valence-electron chi connectivity index (χ2n) is 7.70. The monoisotopic (exact) mass is 539 g/mol. The van der Waals surface area contributed by atoms with E-state index in [9.17, 15) is 14.0 Å². The van der Waals surface area contributed by atoms with Crippen LogP contribution in [0, 0.1) is 5.82 Å². The Labute approximate surface area is 220 Å². The highest BCUT2D eigenvalue weighted by Gasteiger charge is 2.60. The van der Waals surface area contributed by atoms with Gasteiger partial charge >= 0.3 is 5.97 Å². The zero-order valence-electron chi connectivity index (χ0n) is 18.9. The molecule has 1 saturated heterocycles. The first kappa shape index (κ1) is 24.4. The molecule has 1 amide bonds. The fourth-order valence-corrected chi connectivity index (χ4v) is 6.76. The van der Waals surface area contributed by atoms with Crippen molar-refractivity contribution in [1.29, 1.82) is 0 Å². The fourth-order valence-electron chi connectivity index (χ4n) is 3.76. The second-order valence-corrected chi connectivity index (χ2v) is 10.8. The summed E-state index contributed by atoms with van der Waals surface area (Å²) in [6.45, 7) is 1.91. The molecule has 1 atom stereocenters. The predicted molar refractivity (Wildman–Crippen MR) is 144 cm³/mol. The summed E-state index contributed by atoms with van der Waals surface area (Å²) >= 11 is 8.51. The number of esters is 1. The van der Waals surface area contributed by atoms with Gasteiger partial charge in [-0.3, -0.25) is 9.69 Å². The Bertz CT molecular complexity index is 1370. The first-order chi connectivity index (χ1) is 17.4. The number of anilines is 2. The number of hydrogen-bond donors (Lipinski definition) is 0. The summed E-state index contributed by atoms with van der Waals surface area (Å²) in [6.07, 6.45) is 1.71. The number of carbonyl (C=O) groups is 2. The molecule has 2 aliphatic heterocycles. The lowest BCUT2D eigenvalue weighted by molar-refractivity contribution is -0.134. The molecule has 0 radical (unpaired) electrons. The molecule has 0 saturated carbocycles. The van der Waals surface area contributed by atoms with Gasteiger partial charge in [-0.25, -0.2) is 14.2 Å². The minimum Gasteiger partial charge on any atom is -0.461 e. The van der Waals surface area contributed by atoms with Gasteiger partial charge in [-0.15, -0.1) is 0 Å². The molecule has 3 aromatic carbocycles. The van der Waals surface area contributed by atoms with E-state index in [0.29, 0.717) is 26.9 Å². The van der Waals surface area contributed by atoms with Crippen LogP contribution < -0.4 is 9.91 Å². The summed E-state index contributed by atoms with van der Waals surface area (Å²) in [5, 5.41) is 6.91. The number of benzene rings is 3. The van der Waals surface area contributed by atoms with Crippen molar-refractivity contribution in [2.75, 3.05) is 16.5 Å². The zero-order chi connectivity index (χ0) is 25.3. The molecule has 182 valence electrons. The topological polar surface area (TPSA) is 62.2 Å². The summed E-state index contributed by atoms with van der Waals surface area (Å²) < 4.78 is 17.5. The minimum absolute atomic E-state index is 0.121. The van der Waals surface area contributed by atoms with Crippen LogP contribution in [-0.2, 0) is 14.3 Å². The van der Waals surface area contributed by atoms with Gasteiger partial charge in [0.25, 0.3) is 5.91 Å². The molecule has 0 N–H and O–H groups in total. The van der Waals surface area contributed by atoms with Crippen molar-refractivity contribution in [3.8, 4) is 0 Å². The Balaban J connectivity index is 1.66. The Morgan fingerprint density at radius 1 is 1.03 bits per heavy atom. The minimum atomic E-state index is -1.19. The smallest absolute Gasteiger partial charge is 0.365 e. The van der Waals surface area contributed by atoms with Crippen LogP contribution in [0.5, 0.6) is 0 Å². The van der Waals surface area contributed by atoms with Gasteiger partial charge in [0.15, 0.2) is 0 Å². The summed E-state index contributed by atoms with van der Waals surface area (Å²) in [5.74, 6) is -1.21. The van der Waals surface area contributed by atoms with Gasteiger partial charge in [0.05, 0.1) is 17.2 Å². The predicted octanol–water partition coefficient (Wildman–Crippen LogP) is 6.34. The van der Waals surface area contributed by atoms with Gasteiger partial charge in [0, 0.05) is 10.7 Å². The number of hydrazone groups is 1. The van der Waals surface area contributed by atoms with E-state index in [4.69, 9.17) is 16.3 Å². The van der Waals surface area contributed by atoms with Crippen molar-refractivity contribution >= 4 is 69.5 Å². The summed E-state index contributed by atoms with van der Waals surface area (Å²) in [7, 11) is 0. The van der Waals surface area contributed by atoms with E-state index in [2.05, 4.69) is 5.10 Å². The number of para-hydroxylation sites is 1. The number of nitrogens with zero attached hydrogens (tertiary/aromatic N) is 3. The zero-order valence-corrected chi connectivity index (χ0v) is 21.3. The van der Waals surface area contributed by atoms with E-state index in [-0.39, 0.29) is 23.4 Å². The Kier molecular flexibility index (Phi) is 6.79. The molecule has 3 aromatic rings. The van der Waals surface area contributed by atoms with Gasteiger partial charge in [-0.2, -0.15) is 5.10 Å². The number of halogens is 2. The molecule has 0 aromatic heterocycles. The van der Waals surface area contributed by atoms with E-state index < -0.39 is 10.3 Å². The third-order valence-corrected chi connectivity index (χ3v) is 8.28. The van der Waals surface area contributed by atoms with Crippen molar-refractivity contribution in [2.45, 2.75) is 11.3 Å². The maximum Gasteiger partial charge on any atom is 0.365 e. The van der Waals surface area contributed by atoms with E-state index in [1.807, 2.05) is 30.3 Å². The Morgan fingerprint density at radius 2 is 1.72 bits per heavy atom. The number of amides is 1. The van der Waals surface area contributed by atoms with Gasteiger partial charge in [-0.1, -0.05) is 53.7 Å². The third-order valence-electron chi connectivity index (χ3n) is 5.33. The lowest BCUT2D eigenvalue weighted by Gasteiger charge is -2.38. The molecule has 0 bridgehead atoms. The number of rotatable bonds is 5. The van der Waals surface area contributed by atoms with Crippen LogP contribution in [0.15, 0.2) is 88.9 Å². The van der Waals surface area contributed by atoms with E-state index in [0.717, 1.165) is 11.8 Å². The largest absolute Gasteiger partial charge is 0.461 e. The van der Waals surface area contributed by atoms with Crippen molar-refractivity contribution in [1.82, 2.24) is 0 Å². The highest BCUT2D eigenvalue weighted by Crippen LogP contribution is 2.59. The first-order valence-electron chi connectivity index (χ1n) is 11.0. The molecule has 1 unspecified atom stereocenters. The maximum absolute atomic E-state index is 13.9. The lowest BCUT2D eigenvalue weighted by Crippen LogP contribution is -2.51. The molecular formula is C26H19ClFN3O3S2. The van der Waals surface area contributed by atoms with Crippen molar-refractivity contribution < 1.29 is 18.7 Å². The standard InChI is InChI=1S/C26H19ClFN3O3S2/c1-2-34-25(33)23-29-31(21-14-10-18(27)11-15-21)26(36-23)30(20-6-4-3-5-7-20)24(32)22(35-26)16-17-8-12-19(28)13-9-17/h3-16H,2H2,1H3. The molecule has 1 spiro atoms. The van der Waals surface area contributed by atoms with Crippen LogP contribution in [0.3, 0.4) is 0 Å².